The normalized spacial score (nSPS) is 20.1. The summed E-state index contributed by atoms with van der Waals surface area (Å²) < 4.78 is 0. The van der Waals surface area contributed by atoms with Crippen molar-refractivity contribution in [1.82, 2.24) is 10.2 Å². The number of nitrogens with one attached hydrogen (secondary N) is 1. The molecule has 0 aromatic heterocycles. The average Bonchev–Trinajstić information content (AvgIpc) is 2.83. The number of amides is 2. The molecule has 3 N–H and O–H groups in total. The molecule has 1 rings (SSSR count). The van der Waals surface area contributed by atoms with E-state index in [4.69, 9.17) is 5.73 Å². The number of hydrogen-bond donors (Lipinski definition) is 2. The van der Waals surface area contributed by atoms with Crippen molar-refractivity contribution in [3.63, 3.8) is 0 Å². The summed E-state index contributed by atoms with van der Waals surface area (Å²) in [6.07, 6.45) is 2.18. The molecule has 0 aliphatic carbocycles. The minimum atomic E-state index is -0.542. The Kier molecular flexibility index (Phi) is 8.02. The van der Waals surface area contributed by atoms with Gasteiger partial charge in [-0.1, -0.05) is 27.2 Å². The Morgan fingerprint density at radius 1 is 1.42 bits per heavy atom. The van der Waals surface area contributed by atoms with Crippen LogP contribution in [0.15, 0.2) is 0 Å². The molecule has 2 atom stereocenters. The van der Waals surface area contributed by atoms with E-state index in [1.807, 2.05) is 18.7 Å². The zero-order valence-electron chi connectivity index (χ0n) is 12.0. The second kappa shape index (κ2) is 8.38. The van der Waals surface area contributed by atoms with Gasteiger partial charge in [-0.15, -0.1) is 12.4 Å². The van der Waals surface area contributed by atoms with Gasteiger partial charge in [-0.2, -0.15) is 0 Å². The molecule has 1 aliphatic rings. The van der Waals surface area contributed by atoms with Gasteiger partial charge in [-0.05, 0) is 18.3 Å². The SMILES string of the molecule is CCC1CCN(C(=O)CNC(=O)[C@@H](N)C(C)C)C1.Cl. The largest absolute Gasteiger partial charge is 0.346 e. The molecular weight excluding hydrogens is 266 g/mol. The zero-order chi connectivity index (χ0) is 13.7. The molecule has 19 heavy (non-hydrogen) atoms. The summed E-state index contributed by atoms with van der Waals surface area (Å²) in [7, 11) is 0. The first kappa shape index (κ1) is 18.2. The fourth-order valence-corrected chi connectivity index (χ4v) is 2.09. The zero-order valence-corrected chi connectivity index (χ0v) is 12.8. The van der Waals surface area contributed by atoms with Gasteiger partial charge in [0.2, 0.25) is 11.8 Å². The second-order valence-electron chi connectivity index (χ2n) is 5.39. The highest BCUT2D eigenvalue weighted by molar-refractivity contribution is 5.87. The van der Waals surface area contributed by atoms with Gasteiger partial charge in [0.15, 0.2) is 0 Å². The molecule has 0 bridgehead atoms. The maximum Gasteiger partial charge on any atom is 0.241 e. The summed E-state index contributed by atoms with van der Waals surface area (Å²) in [5, 5.41) is 2.62. The predicted molar refractivity (Wildman–Crippen MR) is 78.0 cm³/mol. The number of rotatable bonds is 5. The molecular formula is C13H26ClN3O2. The van der Waals surface area contributed by atoms with Crippen LogP contribution >= 0.6 is 12.4 Å². The van der Waals surface area contributed by atoms with Gasteiger partial charge < -0.3 is 16.0 Å². The molecule has 5 nitrogen and oxygen atoms in total. The van der Waals surface area contributed by atoms with Crippen LogP contribution in [0.2, 0.25) is 0 Å². The van der Waals surface area contributed by atoms with Crippen molar-refractivity contribution in [2.45, 2.75) is 39.7 Å². The molecule has 0 radical (unpaired) electrons. The van der Waals surface area contributed by atoms with Crippen LogP contribution in [0.25, 0.3) is 0 Å². The molecule has 0 aromatic rings. The number of carbonyl (C=O) groups is 2. The van der Waals surface area contributed by atoms with E-state index in [0.717, 1.165) is 25.9 Å². The molecule has 0 spiro atoms. The summed E-state index contributed by atoms with van der Waals surface area (Å²) >= 11 is 0. The summed E-state index contributed by atoms with van der Waals surface area (Å²) in [5.74, 6) is 0.443. The van der Waals surface area contributed by atoms with Crippen molar-refractivity contribution in [2.24, 2.45) is 17.6 Å². The Balaban J connectivity index is 0.00000324. The molecule has 1 fully saturated rings. The molecule has 1 saturated heterocycles. The Morgan fingerprint density at radius 2 is 2.05 bits per heavy atom. The van der Waals surface area contributed by atoms with Gasteiger partial charge in [-0.25, -0.2) is 0 Å². The van der Waals surface area contributed by atoms with Crippen LogP contribution in [0.5, 0.6) is 0 Å². The third-order valence-corrected chi connectivity index (χ3v) is 3.65. The van der Waals surface area contributed by atoms with E-state index in [0.29, 0.717) is 5.92 Å². The van der Waals surface area contributed by atoms with Crippen molar-refractivity contribution in [3.05, 3.63) is 0 Å². The Morgan fingerprint density at radius 3 is 2.53 bits per heavy atom. The predicted octanol–water partition coefficient (Wildman–Crippen LogP) is 0.766. The van der Waals surface area contributed by atoms with Crippen molar-refractivity contribution >= 4 is 24.2 Å². The van der Waals surface area contributed by atoms with Crippen molar-refractivity contribution in [1.29, 1.82) is 0 Å². The number of likely N-dealkylation sites (tertiary alicyclic amines) is 1. The van der Waals surface area contributed by atoms with Crippen molar-refractivity contribution in [3.8, 4) is 0 Å². The topological polar surface area (TPSA) is 75.4 Å². The fraction of sp³-hybridized carbons (Fsp3) is 0.846. The van der Waals surface area contributed by atoms with Crippen LogP contribution in [0.4, 0.5) is 0 Å². The standard InChI is InChI=1S/C13H25N3O2.ClH/c1-4-10-5-6-16(8-10)11(17)7-15-13(18)12(14)9(2)3;/h9-10,12H,4-8,14H2,1-3H3,(H,15,18);1H/t10?,12-;/m0./s1. The first-order chi connectivity index (χ1) is 8.45. The Hall–Kier alpha value is -0.810. The Labute approximate surface area is 121 Å². The Bertz CT molecular complexity index is 310. The highest BCUT2D eigenvalue weighted by Crippen LogP contribution is 2.18. The number of carbonyl (C=O) groups excluding carboxylic acids is 2. The number of nitrogens with zero attached hydrogens (tertiary/aromatic N) is 1. The van der Waals surface area contributed by atoms with E-state index in [-0.39, 0.29) is 36.7 Å². The van der Waals surface area contributed by atoms with Crippen LogP contribution in [-0.2, 0) is 9.59 Å². The summed E-state index contributed by atoms with van der Waals surface area (Å²) in [4.78, 5) is 25.3. The van der Waals surface area contributed by atoms with E-state index in [9.17, 15) is 9.59 Å². The highest BCUT2D eigenvalue weighted by Gasteiger charge is 2.25. The number of hydrogen-bond acceptors (Lipinski definition) is 3. The minimum Gasteiger partial charge on any atom is -0.346 e. The highest BCUT2D eigenvalue weighted by atomic mass is 35.5. The molecule has 2 amide bonds. The minimum absolute atomic E-state index is 0. The van der Waals surface area contributed by atoms with E-state index < -0.39 is 6.04 Å². The van der Waals surface area contributed by atoms with Crippen LogP contribution in [0.3, 0.4) is 0 Å². The van der Waals surface area contributed by atoms with Crippen molar-refractivity contribution < 1.29 is 9.59 Å². The third-order valence-electron chi connectivity index (χ3n) is 3.65. The molecule has 6 heteroatoms. The van der Waals surface area contributed by atoms with Gasteiger partial charge >= 0.3 is 0 Å². The van der Waals surface area contributed by atoms with E-state index in [2.05, 4.69) is 12.2 Å². The van der Waals surface area contributed by atoms with Gasteiger partial charge in [-0.3, -0.25) is 9.59 Å². The molecule has 0 saturated carbocycles. The van der Waals surface area contributed by atoms with E-state index >= 15 is 0 Å². The van der Waals surface area contributed by atoms with Crippen LogP contribution in [0, 0.1) is 11.8 Å². The smallest absolute Gasteiger partial charge is 0.241 e. The first-order valence-electron chi connectivity index (χ1n) is 6.76. The molecule has 0 aromatic carbocycles. The van der Waals surface area contributed by atoms with Gasteiger partial charge in [0.1, 0.15) is 0 Å². The van der Waals surface area contributed by atoms with Crippen LogP contribution in [-0.4, -0.2) is 42.4 Å². The quantitative estimate of drug-likeness (QED) is 0.785. The average molecular weight is 292 g/mol. The van der Waals surface area contributed by atoms with Gasteiger partial charge in [0, 0.05) is 13.1 Å². The number of halogens is 1. The lowest BCUT2D eigenvalue weighted by atomic mass is 10.1. The third kappa shape index (κ3) is 5.37. The van der Waals surface area contributed by atoms with Crippen LogP contribution in [0.1, 0.15) is 33.6 Å². The summed E-state index contributed by atoms with van der Waals surface area (Å²) in [6.45, 7) is 7.61. The maximum absolute atomic E-state index is 11.9. The van der Waals surface area contributed by atoms with Gasteiger partial charge in [0.25, 0.3) is 0 Å². The molecule has 112 valence electrons. The lowest BCUT2D eigenvalue weighted by molar-refractivity contribution is -0.132. The van der Waals surface area contributed by atoms with Crippen LogP contribution < -0.4 is 11.1 Å². The number of nitrogens with two attached hydrogens (primary N) is 1. The molecule has 1 heterocycles. The fourth-order valence-electron chi connectivity index (χ4n) is 2.09. The summed E-state index contributed by atoms with van der Waals surface area (Å²) in [6, 6.07) is -0.542. The van der Waals surface area contributed by atoms with Gasteiger partial charge in [0.05, 0.1) is 12.6 Å². The van der Waals surface area contributed by atoms with E-state index in [1.165, 1.54) is 0 Å². The summed E-state index contributed by atoms with van der Waals surface area (Å²) in [5.41, 5.74) is 5.71. The first-order valence-corrected chi connectivity index (χ1v) is 6.76. The lowest BCUT2D eigenvalue weighted by Crippen LogP contribution is -2.47. The van der Waals surface area contributed by atoms with E-state index in [1.54, 1.807) is 0 Å². The van der Waals surface area contributed by atoms with Crippen molar-refractivity contribution in [2.75, 3.05) is 19.6 Å². The monoisotopic (exact) mass is 291 g/mol. The molecule has 1 unspecified atom stereocenters. The molecule has 1 aliphatic heterocycles. The maximum atomic E-state index is 11.9. The lowest BCUT2D eigenvalue weighted by Gasteiger charge is -2.19. The second-order valence-corrected chi connectivity index (χ2v) is 5.39.